The van der Waals surface area contributed by atoms with Gasteiger partial charge in [-0.05, 0) is 49.1 Å². The Kier molecular flexibility index (Phi) is 8.90. The summed E-state index contributed by atoms with van der Waals surface area (Å²) in [6, 6.07) is 10.4. The van der Waals surface area contributed by atoms with Gasteiger partial charge < -0.3 is 4.74 Å². The molecule has 2 aromatic rings. The van der Waals surface area contributed by atoms with E-state index in [0.29, 0.717) is 5.41 Å². The Morgan fingerprint density at radius 3 is 2.46 bits per heavy atom. The van der Waals surface area contributed by atoms with Gasteiger partial charge in [0.1, 0.15) is 0 Å². The van der Waals surface area contributed by atoms with Gasteiger partial charge in [-0.1, -0.05) is 63.4 Å². The van der Waals surface area contributed by atoms with E-state index in [1.807, 2.05) is 26.1 Å². The summed E-state index contributed by atoms with van der Waals surface area (Å²) in [4.78, 5) is 0. The predicted octanol–water partition coefficient (Wildman–Crippen LogP) is 6.17. The van der Waals surface area contributed by atoms with Crippen molar-refractivity contribution >= 4 is 0 Å². The van der Waals surface area contributed by atoms with E-state index in [1.165, 1.54) is 49.7 Å². The van der Waals surface area contributed by atoms with E-state index in [4.69, 9.17) is 4.74 Å². The fourth-order valence-corrected chi connectivity index (χ4v) is 4.00. The molecule has 1 heterocycles. The van der Waals surface area contributed by atoms with Gasteiger partial charge in [0, 0.05) is 19.3 Å². The van der Waals surface area contributed by atoms with Gasteiger partial charge >= 0.3 is 0 Å². The molecule has 0 spiro atoms. The van der Waals surface area contributed by atoms with E-state index >= 15 is 0 Å². The number of nitrogens with zero attached hydrogens (tertiary/aromatic N) is 2. The highest BCUT2D eigenvalue weighted by Crippen LogP contribution is 2.41. The Bertz CT molecular complexity index is 600. The second kappa shape index (κ2) is 11.2. The van der Waals surface area contributed by atoms with Gasteiger partial charge in [0.05, 0.1) is 12.8 Å². The first-order chi connectivity index (χ1) is 12.8. The Balaban J connectivity index is 0.00000117. The number of benzene rings is 1. The molecule has 0 amide bonds. The van der Waals surface area contributed by atoms with Gasteiger partial charge in [-0.3, -0.25) is 4.68 Å². The average Bonchev–Trinajstić information content (AvgIpc) is 3.09. The van der Waals surface area contributed by atoms with Gasteiger partial charge in [-0.2, -0.15) is 5.10 Å². The minimum absolute atomic E-state index is 0.423. The average molecular weight is 357 g/mol. The summed E-state index contributed by atoms with van der Waals surface area (Å²) in [5.41, 5.74) is 2.94. The van der Waals surface area contributed by atoms with Crippen molar-refractivity contribution in [3.05, 3.63) is 53.9 Å². The first-order valence-corrected chi connectivity index (χ1v) is 10.4. The van der Waals surface area contributed by atoms with Crippen LogP contribution in [-0.2, 0) is 17.9 Å². The van der Waals surface area contributed by atoms with E-state index in [0.717, 1.165) is 26.2 Å². The van der Waals surface area contributed by atoms with Crippen LogP contribution in [0.25, 0.3) is 0 Å². The molecule has 0 bridgehead atoms. The summed E-state index contributed by atoms with van der Waals surface area (Å²) in [6.07, 6.45) is 13.4. The van der Waals surface area contributed by atoms with Gasteiger partial charge in [0.15, 0.2) is 0 Å². The topological polar surface area (TPSA) is 27.1 Å². The third-order valence-electron chi connectivity index (χ3n) is 5.28. The van der Waals surface area contributed by atoms with Crippen LogP contribution in [0.5, 0.6) is 0 Å². The molecule has 26 heavy (non-hydrogen) atoms. The summed E-state index contributed by atoms with van der Waals surface area (Å²) in [5, 5.41) is 4.52. The van der Waals surface area contributed by atoms with Crippen molar-refractivity contribution in [1.29, 1.82) is 0 Å². The zero-order valence-corrected chi connectivity index (χ0v) is 16.9. The Morgan fingerprint density at radius 2 is 1.81 bits per heavy atom. The summed E-state index contributed by atoms with van der Waals surface area (Å²) in [5.74, 6) is 0. The molecule has 0 atom stereocenters. The quantitative estimate of drug-likeness (QED) is 0.529. The zero-order valence-electron chi connectivity index (χ0n) is 16.9. The monoisotopic (exact) mass is 356 g/mol. The summed E-state index contributed by atoms with van der Waals surface area (Å²) >= 11 is 0. The molecule has 3 rings (SSSR count). The molecule has 0 N–H and O–H groups in total. The van der Waals surface area contributed by atoms with Gasteiger partial charge in [-0.25, -0.2) is 0 Å². The second-order valence-corrected chi connectivity index (χ2v) is 7.42. The maximum Gasteiger partial charge on any atom is 0.0716 e. The lowest BCUT2D eigenvalue weighted by molar-refractivity contribution is 0.0834. The normalized spacial score (nSPS) is 16.0. The number of hydrogen-bond acceptors (Lipinski definition) is 2. The first-order valence-electron chi connectivity index (χ1n) is 10.4. The van der Waals surface area contributed by atoms with Crippen molar-refractivity contribution in [2.75, 3.05) is 6.61 Å². The molecule has 1 aromatic heterocycles. The molecule has 0 radical (unpaired) electrons. The standard InChI is InChI=1S/C21H30N2O.C2H6/c1-19-15-22-23(16-19)18-21(11-6-3-7-12-21)13-8-14-24-17-20-9-4-2-5-10-20;1-2/h2,4-5,9-10,15-16H,3,6-8,11-14,17-18H2,1H3;1-2H3. The summed E-state index contributed by atoms with van der Waals surface area (Å²) in [7, 11) is 0. The third kappa shape index (κ3) is 6.60. The predicted molar refractivity (Wildman–Crippen MR) is 109 cm³/mol. The number of aryl methyl sites for hydroxylation is 1. The van der Waals surface area contributed by atoms with Crippen LogP contribution in [0.15, 0.2) is 42.7 Å². The Morgan fingerprint density at radius 1 is 1.08 bits per heavy atom. The molecular weight excluding hydrogens is 320 g/mol. The van der Waals surface area contributed by atoms with Crippen molar-refractivity contribution in [2.24, 2.45) is 5.41 Å². The maximum absolute atomic E-state index is 5.89. The Hall–Kier alpha value is -1.61. The maximum atomic E-state index is 5.89. The highest BCUT2D eigenvalue weighted by molar-refractivity contribution is 5.13. The smallest absolute Gasteiger partial charge is 0.0716 e. The van der Waals surface area contributed by atoms with E-state index in [1.54, 1.807) is 0 Å². The van der Waals surface area contributed by atoms with E-state index < -0.39 is 0 Å². The second-order valence-electron chi connectivity index (χ2n) is 7.42. The SMILES string of the molecule is CC.Cc1cnn(CC2(CCCOCc3ccccc3)CCCCC2)c1. The molecule has 1 fully saturated rings. The molecule has 1 aliphatic carbocycles. The molecule has 1 aliphatic rings. The molecule has 1 aromatic carbocycles. The third-order valence-corrected chi connectivity index (χ3v) is 5.28. The minimum atomic E-state index is 0.423. The van der Waals surface area contributed by atoms with Crippen LogP contribution in [-0.4, -0.2) is 16.4 Å². The van der Waals surface area contributed by atoms with Crippen molar-refractivity contribution < 1.29 is 4.74 Å². The lowest BCUT2D eigenvalue weighted by atomic mass is 9.71. The van der Waals surface area contributed by atoms with Crippen molar-refractivity contribution in [3.63, 3.8) is 0 Å². The zero-order chi connectivity index (χ0) is 18.7. The lowest BCUT2D eigenvalue weighted by Gasteiger charge is -2.37. The molecule has 0 saturated heterocycles. The van der Waals surface area contributed by atoms with Crippen LogP contribution in [0.3, 0.4) is 0 Å². The number of rotatable bonds is 8. The molecule has 0 unspecified atom stereocenters. The summed E-state index contributed by atoms with van der Waals surface area (Å²) < 4.78 is 8.05. The van der Waals surface area contributed by atoms with E-state index in [2.05, 4.69) is 47.2 Å². The number of hydrogen-bond donors (Lipinski definition) is 0. The van der Waals surface area contributed by atoms with Crippen LogP contribution >= 0.6 is 0 Å². The van der Waals surface area contributed by atoms with Crippen molar-refractivity contribution in [3.8, 4) is 0 Å². The molecule has 0 aliphatic heterocycles. The van der Waals surface area contributed by atoms with Crippen LogP contribution in [0, 0.1) is 12.3 Å². The first kappa shape index (κ1) is 20.7. The largest absolute Gasteiger partial charge is 0.377 e. The fourth-order valence-electron chi connectivity index (χ4n) is 4.00. The van der Waals surface area contributed by atoms with Gasteiger partial charge in [0.2, 0.25) is 0 Å². The van der Waals surface area contributed by atoms with Crippen molar-refractivity contribution in [1.82, 2.24) is 9.78 Å². The fraction of sp³-hybridized carbons (Fsp3) is 0.609. The van der Waals surface area contributed by atoms with Crippen LogP contribution < -0.4 is 0 Å². The highest BCUT2D eigenvalue weighted by atomic mass is 16.5. The highest BCUT2D eigenvalue weighted by Gasteiger charge is 2.32. The van der Waals surface area contributed by atoms with Gasteiger partial charge in [0.25, 0.3) is 0 Å². The van der Waals surface area contributed by atoms with Gasteiger partial charge in [-0.15, -0.1) is 0 Å². The molecule has 144 valence electrons. The Labute approximate surface area is 159 Å². The minimum Gasteiger partial charge on any atom is -0.377 e. The molecular formula is C23H36N2O. The molecule has 1 saturated carbocycles. The van der Waals surface area contributed by atoms with Crippen molar-refractivity contribution in [2.45, 2.75) is 78.9 Å². The van der Waals surface area contributed by atoms with Crippen LogP contribution in [0.4, 0.5) is 0 Å². The molecule has 3 heteroatoms. The van der Waals surface area contributed by atoms with Crippen LogP contribution in [0.1, 0.15) is 69.9 Å². The van der Waals surface area contributed by atoms with E-state index in [-0.39, 0.29) is 0 Å². The van der Waals surface area contributed by atoms with E-state index in [9.17, 15) is 0 Å². The number of ether oxygens (including phenoxy) is 1. The van der Waals surface area contributed by atoms with Crippen LogP contribution in [0.2, 0.25) is 0 Å². The number of aromatic nitrogens is 2. The summed E-state index contributed by atoms with van der Waals surface area (Å²) in [6.45, 7) is 8.77. The molecule has 3 nitrogen and oxygen atoms in total. The lowest BCUT2D eigenvalue weighted by Crippen LogP contribution is -2.30.